The number of hydrogen-bond acceptors (Lipinski definition) is 5. The topological polar surface area (TPSA) is 65.0 Å². The van der Waals surface area contributed by atoms with Crippen molar-refractivity contribution in [1.29, 1.82) is 0 Å². The Morgan fingerprint density at radius 2 is 2.19 bits per heavy atom. The SMILES string of the molecule is CCOC(=O)c1nnc2c(C)cccc2n1. The summed E-state index contributed by atoms with van der Waals surface area (Å²) in [6.45, 7) is 3.95. The zero-order chi connectivity index (χ0) is 11.5. The van der Waals surface area contributed by atoms with Gasteiger partial charge in [0.2, 0.25) is 0 Å². The Bertz CT molecular complexity index is 540. The maximum absolute atomic E-state index is 11.4. The van der Waals surface area contributed by atoms with Gasteiger partial charge in [-0.1, -0.05) is 12.1 Å². The smallest absolute Gasteiger partial charge is 0.378 e. The summed E-state index contributed by atoms with van der Waals surface area (Å²) in [7, 11) is 0. The molecule has 0 radical (unpaired) electrons. The fourth-order valence-corrected chi connectivity index (χ4v) is 1.38. The van der Waals surface area contributed by atoms with Crippen molar-refractivity contribution in [2.45, 2.75) is 13.8 Å². The van der Waals surface area contributed by atoms with Crippen LogP contribution in [0.3, 0.4) is 0 Å². The van der Waals surface area contributed by atoms with E-state index in [-0.39, 0.29) is 5.82 Å². The van der Waals surface area contributed by atoms with Gasteiger partial charge in [-0.3, -0.25) is 0 Å². The summed E-state index contributed by atoms with van der Waals surface area (Å²) in [6, 6.07) is 5.57. The molecule has 2 rings (SSSR count). The molecule has 82 valence electrons. The normalized spacial score (nSPS) is 10.4. The van der Waals surface area contributed by atoms with Gasteiger partial charge < -0.3 is 4.74 Å². The Morgan fingerprint density at radius 1 is 1.38 bits per heavy atom. The van der Waals surface area contributed by atoms with Gasteiger partial charge in [-0.2, -0.15) is 0 Å². The lowest BCUT2D eigenvalue weighted by atomic mass is 10.2. The maximum atomic E-state index is 11.4. The average Bonchev–Trinajstić information content (AvgIpc) is 2.29. The molecule has 0 N–H and O–H groups in total. The Balaban J connectivity index is 2.48. The molecule has 1 heterocycles. The van der Waals surface area contributed by atoms with E-state index < -0.39 is 5.97 Å². The number of esters is 1. The maximum Gasteiger partial charge on any atom is 0.378 e. The predicted octanol–water partition coefficient (Wildman–Crippen LogP) is 1.51. The van der Waals surface area contributed by atoms with E-state index in [4.69, 9.17) is 4.74 Å². The van der Waals surface area contributed by atoms with Gasteiger partial charge in [0.25, 0.3) is 5.82 Å². The highest BCUT2D eigenvalue weighted by atomic mass is 16.5. The van der Waals surface area contributed by atoms with Crippen molar-refractivity contribution < 1.29 is 9.53 Å². The molecular formula is C11H11N3O2. The first-order valence-corrected chi connectivity index (χ1v) is 4.99. The Labute approximate surface area is 92.5 Å². The van der Waals surface area contributed by atoms with E-state index in [1.54, 1.807) is 13.0 Å². The van der Waals surface area contributed by atoms with E-state index in [1.807, 2.05) is 19.1 Å². The van der Waals surface area contributed by atoms with Crippen LogP contribution in [0.1, 0.15) is 23.1 Å². The van der Waals surface area contributed by atoms with E-state index >= 15 is 0 Å². The predicted molar refractivity (Wildman–Crippen MR) is 58.0 cm³/mol. The molecule has 0 bridgehead atoms. The monoisotopic (exact) mass is 217 g/mol. The molecule has 0 saturated carbocycles. The molecule has 0 aliphatic rings. The van der Waals surface area contributed by atoms with Crippen LogP contribution >= 0.6 is 0 Å². The summed E-state index contributed by atoms with van der Waals surface area (Å²) < 4.78 is 4.80. The molecule has 16 heavy (non-hydrogen) atoms. The molecule has 0 unspecified atom stereocenters. The van der Waals surface area contributed by atoms with Gasteiger partial charge in [0.15, 0.2) is 0 Å². The lowest BCUT2D eigenvalue weighted by Gasteiger charge is -2.02. The van der Waals surface area contributed by atoms with Crippen LogP contribution in [0.2, 0.25) is 0 Å². The van der Waals surface area contributed by atoms with Crippen molar-refractivity contribution in [1.82, 2.24) is 15.2 Å². The van der Waals surface area contributed by atoms with Crippen molar-refractivity contribution >= 4 is 17.0 Å². The van der Waals surface area contributed by atoms with Crippen LogP contribution in [0, 0.1) is 6.92 Å². The molecule has 5 heteroatoms. The minimum Gasteiger partial charge on any atom is -0.460 e. The number of carbonyl (C=O) groups excluding carboxylic acids is 1. The second-order valence-corrected chi connectivity index (χ2v) is 3.30. The Morgan fingerprint density at radius 3 is 2.94 bits per heavy atom. The van der Waals surface area contributed by atoms with Crippen LogP contribution in [0.15, 0.2) is 18.2 Å². The van der Waals surface area contributed by atoms with Crippen molar-refractivity contribution in [3.8, 4) is 0 Å². The first kappa shape index (κ1) is 10.5. The number of fused-ring (bicyclic) bond motifs is 1. The molecule has 2 aromatic rings. The van der Waals surface area contributed by atoms with Crippen LogP contribution in [-0.4, -0.2) is 27.8 Å². The summed E-state index contributed by atoms with van der Waals surface area (Å²) in [5, 5.41) is 7.72. The number of carbonyl (C=O) groups is 1. The third-order valence-electron chi connectivity index (χ3n) is 2.15. The number of ether oxygens (including phenoxy) is 1. The van der Waals surface area contributed by atoms with Crippen LogP contribution in [0.5, 0.6) is 0 Å². The van der Waals surface area contributed by atoms with Crippen molar-refractivity contribution in [2.75, 3.05) is 6.61 Å². The summed E-state index contributed by atoms with van der Waals surface area (Å²) in [5.41, 5.74) is 2.33. The van der Waals surface area contributed by atoms with Gasteiger partial charge in [0, 0.05) is 0 Å². The number of rotatable bonds is 2. The zero-order valence-corrected chi connectivity index (χ0v) is 9.10. The summed E-state index contributed by atoms with van der Waals surface area (Å²) in [5.74, 6) is -0.543. The molecule has 0 fully saturated rings. The molecular weight excluding hydrogens is 206 g/mol. The van der Waals surface area contributed by atoms with Gasteiger partial charge in [0.1, 0.15) is 5.52 Å². The molecule has 0 aliphatic heterocycles. The molecule has 5 nitrogen and oxygen atoms in total. The lowest BCUT2D eigenvalue weighted by molar-refractivity contribution is 0.0511. The van der Waals surface area contributed by atoms with Gasteiger partial charge in [0.05, 0.1) is 12.1 Å². The van der Waals surface area contributed by atoms with E-state index in [0.29, 0.717) is 17.6 Å². The Hall–Kier alpha value is -2.04. The second-order valence-electron chi connectivity index (χ2n) is 3.30. The van der Waals surface area contributed by atoms with Gasteiger partial charge in [-0.25, -0.2) is 9.78 Å². The van der Waals surface area contributed by atoms with Crippen molar-refractivity contribution in [3.05, 3.63) is 29.6 Å². The molecule has 0 amide bonds. The quantitative estimate of drug-likeness (QED) is 0.713. The first-order chi connectivity index (χ1) is 7.72. The first-order valence-electron chi connectivity index (χ1n) is 4.99. The van der Waals surface area contributed by atoms with E-state index in [0.717, 1.165) is 5.56 Å². The average molecular weight is 217 g/mol. The van der Waals surface area contributed by atoms with E-state index in [9.17, 15) is 4.79 Å². The minimum atomic E-state index is -0.543. The summed E-state index contributed by atoms with van der Waals surface area (Å²) in [6.07, 6.45) is 0. The standard InChI is InChI=1S/C11H11N3O2/c1-3-16-11(15)10-12-8-6-4-5-7(2)9(8)13-14-10/h4-6H,3H2,1-2H3. The third-order valence-corrected chi connectivity index (χ3v) is 2.15. The second kappa shape index (κ2) is 4.22. The largest absolute Gasteiger partial charge is 0.460 e. The number of hydrogen-bond donors (Lipinski definition) is 0. The van der Waals surface area contributed by atoms with Gasteiger partial charge >= 0.3 is 5.97 Å². The highest BCUT2D eigenvalue weighted by molar-refractivity contribution is 5.87. The third kappa shape index (κ3) is 1.84. The lowest BCUT2D eigenvalue weighted by Crippen LogP contribution is -2.11. The molecule has 0 atom stereocenters. The fraction of sp³-hybridized carbons (Fsp3) is 0.273. The fourth-order valence-electron chi connectivity index (χ4n) is 1.38. The summed E-state index contributed by atoms with van der Waals surface area (Å²) in [4.78, 5) is 15.5. The minimum absolute atomic E-state index is 0.0000463. The number of aryl methyl sites for hydroxylation is 1. The number of aromatic nitrogens is 3. The van der Waals surface area contributed by atoms with E-state index in [2.05, 4.69) is 15.2 Å². The van der Waals surface area contributed by atoms with Crippen LogP contribution < -0.4 is 0 Å². The van der Waals surface area contributed by atoms with Gasteiger partial charge in [-0.15, -0.1) is 10.2 Å². The Kier molecular flexibility index (Phi) is 2.76. The van der Waals surface area contributed by atoms with Crippen LogP contribution in [0.25, 0.3) is 11.0 Å². The van der Waals surface area contributed by atoms with Gasteiger partial charge in [-0.05, 0) is 25.5 Å². The van der Waals surface area contributed by atoms with Crippen LogP contribution in [-0.2, 0) is 4.74 Å². The molecule has 0 saturated heterocycles. The zero-order valence-electron chi connectivity index (χ0n) is 9.10. The highest BCUT2D eigenvalue weighted by Gasteiger charge is 2.12. The van der Waals surface area contributed by atoms with Crippen molar-refractivity contribution in [3.63, 3.8) is 0 Å². The summed E-state index contributed by atoms with van der Waals surface area (Å²) >= 11 is 0. The molecule has 1 aromatic heterocycles. The van der Waals surface area contributed by atoms with Crippen molar-refractivity contribution in [2.24, 2.45) is 0 Å². The number of nitrogens with zero attached hydrogens (tertiary/aromatic N) is 3. The molecule has 1 aromatic carbocycles. The molecule has 0 spiro atoms. The highest BCUT2D eigenvalue weighted by Crippen LogP contribution is 2.12. The number of benzene rings is 1. The molecule has 0 aliphatic carbocycles. The van der Waals surface area contributed by atoms with Crippen LogP contribution in [0.4, 0.5) is 0 Å². The van der Waals surface area contributed by atoms with E-state index in [1.165, 1.54) is 0 Å².